The number of anilines is 1. The summed E-state index contributed by atoms with van der Waals surface area (Å²) in [5, 5.41) is 2.80. The van der Waals surface area contributed by atoms with E-state index >= 15 is 0 Å². The Kier molecular flexibility index (Phi) is 7.88. The monoisotopic (exact) mass is 542 g/mol. The number of carbonyl (C=O) groups excluding carboxylic acids is 2. The Balaban J connectivity index is 1.48. The molecule has 2 atom stereocenters. The summed E-state index contributed by atoms with van der Waals surface area (Å²) in [4.78, 5) is 28.1. The number of hydrogen-bond acceptors (Lipinski definition) is 6. The molecule has 1 saturated heterocycles. The zero-order valence-corrected chi connectivity index (χ0v) is 23.3. The summed E-state index contributed by atoms with van der Waals surface area (Å²) >= 11 is 0. The fraction of sp³-hybridized carbons (Fsp3) is 0.500. The topological polar surface area (TPSA) is 122 Å². The number of nitrogens with one attached hydrogen (secondary N) is 1. The highest BCUT2D eigenvalue weighted by Crippen LogP contribution is 2.47. The van der Waals surface area contributed by atoms with Gasteiger partial charge in [-0.15, -0.1) is 0 Å². The SMILES string of the molecule is CC(OCC(NC(=O)C(C)(C)N)C(=O)N1CCC2(CC1)CN(S(C)(=O)=O)c1ccccc12)c1ccccc1. The van der Waals surface area contributed by atoms with Gasteiger partial charge >= 0.3 is 0 Å². The molecule has 10 heteroatoms. The van der Waals surface area contributed by atoms with Crippen LogP contribution in [-0.2, 0) is 29.8 Å². The van der Waals surface area contributed by atoms with Gasteiger partial charge in [-0.1, -0.05) is 48.5 Å². The van der Waals surface area contributed by atoms with Crippen molar-refractivity contribution in [3.63, 3.8) is 0 Å². The molecule has 0 aromatic heterocycles. The number of amides is 2. The van der Waals surface area contributed by atoms with Crippen molar-refractivity contribution in [1.82, 2.24) is 10.2 Å². The summed E-state index contributed by atoms with van der Waals surface area (Å²) in [5.74, 6) is -0.669. The average Bonchev–Trinajstić information content (AvgIpc) is 3.20. The summed E-state index contributed by atoms with van der Waals surface area (Å²) in [7, 11) is -3.42. The molecule has 3 N–H and O–H groups in total. The Bertz CT molecular complexity index is 1270. The number of rotatable bonds is 8. The van der Waals surface area contributed by atoms with Crippen molar-refractivity contribution >= 4 is 27.5 Å². The van der Waals surface area contributed by atoms with E-state index in [2.05, 4.69) is 5.32 Å². The number of hydrogen-bond donors (Lipinski definition) is 2. The first-order valence-electron chi connectivity index (χ1n) is 12.9. The van der Waals surface area contributed by atoms with Gasteiger partial charge in [-0.25, -0.2) is 8.42 Å². The smallest absolute Gasteiger partial charge is 0.247 e. The third-order valence-electron chi connectivity index (χ3n) is 7.59. The molecular weight excluding hydrogens is 504 g/mol. The molecule has 1 fully saturated rings. The van der Waals surface area contributed by atoms with Crippen molar-refractivity contribution in [2.75, 3.05) is 36.8 Å². The highest BCUT2D eigenvalue weighted by atomic mass is 32.2. The first-order valence-corrected chi connectivity index (χ1v) is 14.8. The van der Waals surface area contributed by atoms with Crippen molar-refractivity contribution in [3.8, 4) is 0 Å². The Morgan fingerprint density at radius 3 is 2.29 bits per heavy atom. The molecule has 206 valence electrons. The predicted octanol–water partition coefficient (Wildman–Crippen LogP) is 2.33. The number of carbonyl (C=O) groups is 2. The molecule has 2 aromatic carbocycles. The van der Waals surface area contributed by atoms with Crippen LogP contribution in [-0.4, -0.2) is 69.2 Å². The number of ether oxygens (including phenoxy) is 1. The van der Waals surface area contributed by atoms with Gasteiger partial charge < -0.3 is 20.7 Å². The number of nitrogens with two attached hydrogens (primary N) is 1. The highest BCUT2D eigenvalue weighted by molar-refractivity contribution is 7.92. The number of benzene rings is 2. The molecule has 2 aliphatic rings. The molecule has 9 nitrogen and oxygen atoms in total. The highest BCUT2D eigenvalue weighted by Gasteiger charge is 2.48. The number of nitrogens with zero attached hydrogens (tertiary/aromatic N) is 2. The quantitative estimate of drug-likeness (QED) is 0.528. The lowest BCUT2D eigenvalue weighted by atomic mass is 9.74. The van der Waals surface area contributed by atoms with Crippen LogP contribution in [0.1, 0.15) is 50.8 Å². The number of piperidine rings is 1. The maximum Gasteiger partial charge on any atom is 0.247 e. The number of sulfonamides is 1. The standard InChI is InChI=1S/C28H38N4O5S/c1-20(21-10-6-5-7-11-21)37-18-23(30-26(34)27(2,3)29)25(33)31-16-14-28(15-17-31)19-32(38(4,35)36)24-13-9-8-12-22(24)28/h5-13,20,23H,14-19,29H2,1-4H3,(H,30,34). The fourth-order valence-corrected chi connectivity index (χ4v) is 6.26. The van der Waals surface area contributed by atoms with Crippen LogP contribution in [0.25, 0.3) is 0 Å². The second kappa shape index (κ2) is 10.7. The van der Waals surface area contributed by atoms with Crippen LogP contribution < -0.4 is 15.4 Å². The summed E-state index contributed by atoms with van der Waals surface area (Å²) in [5.41, 5.74) is 7.18. The van der Waals surface area contributed by atoms with E-state index in [1.807, 2.05) is 61.5 Å². The minimum Gasteiger partial charge on any atom is -0.371 e. The van der Waals surface area contributed by atoms with Gasteiger partial charge in [0, 0.05) is 25.0 Å². The van der Waals surface area contributed by atoms with Crippen molar-refractivity contribution in [3.05, 3.63) is 65.7 Å². The molecule has 2 heterocycles. The van der Waals surface area contributed by atoms with Crippen LogP contribution in [0.4, 0.5) is 5.69 Å². The molecule has 38 heavy (non-hydrogen) atoms. The van der Waals surface area contributed by atoms with E-state index in [4.69, 9.17) is 10.5 Å². The zero-order chi connectivity index (χ0) is 27.7. The van der Waals surface area contributed by atoms with Crippen LogP contribution in [0.15, 0.2) is 54.6 Å². The Labute approximate surface area is 225 Å². The summed E-state index contributed by atoms with van der Waals surface area (Å²) in [6.45, 7) is 6.34. The molecule has 0 radical (unpaired) electrons. The average molecular weight is 543 g/mol. The maximum absolute atomic E-state index is 13.7. The minimum absolute atomic E-state index is 0.00302. The van der Waals surface area contributed by atoms with Crippen LogP contribution in [0, 0.1) is 0 Å². The van der Waals surface area contributed by atoms with Crippen LogP contribution >= 0.6 is 0 Å². The number of para-hydroxylation sites is 1. The number of fused-ring (bicyclic) bond motifs is 2. The fourth-order valence-electron chi connectivity index (χ4n) is 5.26. The van der Waals surface area contributed by atoms with Gasteiger partial charge in [0.05, 0.1) is 30.2 Å². The van der Waals surface area contributed by atoms with Crippen molar-refractivity contribution in [1.29, 1.82) is 0 Å². The van der Waals surface area contributed by atoms with Crippen molar-refractivity contribution in [2.24, 2.45) is 5.73 Å². The molecule has 0 aliphatic carbocycles. The van der Waals surface area contributed by atoms with Crippen LogP contribution in [0.2, 0.25) is 0 Å². The molecule has 2 aromatic rings. The van der Waals surface area contributed by atoms with Gasteiger partial charge in [0.2, 0.25) is 21.8 Å². The Morgan fingerprint density at radius 1 is 1.08 bits per heavy atom. The minimum atomic E-state index is -3.42. The second-order valence-electron chi connectivity index (χ2n) is 11.0. The molecule has 4 rings (SSSR count). The number of likely N-dealkylation sites (tertiary alicyclic amines) is 1. The van der Waals surface area contributed by atoms with E-state index in [-0.39, 0.29) is 24.0 Å². The second-order valence-corrected chi connectivity index (χ2v) is 12.9. The third-order valence-corrected chi connectivity index (χ3v) is 8.72. The first kappa shape index (κ1) is 28.1. The van der Waals surface area contributed by atoms with Gasteiger partial charge in [-0.2, -0.15) is 0 Å². The van der Waals surface area contributed by atoms with Crippen molar-refractivity contribution in [2.45, 2.75) is 56.7 Å². The molecule has 0 bridgehead atoms. The molecule has 2 amide bonds. The van der Waals surface area contributed by atoms with Gasteiger partial charge in [-0.3, -0.25) is 13.9 Å². The van der Waals surface area contributed by atoms with E-state index in [1.54, 1.807) is 18.7 Å². The van der Waals surface area contributed by atoms with Gasteiger partial charge in [0.1, 0.15) is 6.04 Å². The molecular formula is C28H38N4O5S. The zero-order valence-electron chi connectivity index (χ0n) is 22.5. The lowest BCUT2D eigenvalue weighted by molar-refractivity contribution is -0.141. The Morgan fingerprint density at radius 2 is 1.68 bits per heavy atom. The molecule has 0 saturated carbocycles. The largest absolute Gasteiger partial charge is 0.371 e. The molecule has 2 unspecified atom stereocenters. The van der Waals surface area contributed by atoms with Crippen LogP contribution in [0.5, 0.6) is 0 Å². The normalized spacial score (nSPS) is 18.7. The first-order chi connectivity index (χ1) is 17.8. The summed E-state index contributed by atoms with van der Waals surface area (Å²) in [6.07, 6.45) is 2.19. The van der Waals surface area contributed by atoms with Crippen molar-refractivity contribution < 1.29 is 22.7 Å². The Hall–Kier alpha value is -2.95. The van der Waals surface area contributed by atoms with Gasteiger partial charge in [-0.05, 0) is 50.8 Å². The van der Waals surface area contributed by atoms with Gasteiger partial charge in [0.25, 0.3) is 0 Å². The van der Waals surface area contributed by atoms with E-state index in [9.17, 15) is 18.0 Å². The molecule has 2 aliphatic heterocycles. The van der Waals surface area contributed by atoms with E-state index in [0.717, 1.165) is 11.1 Å². The van der Waals surface area contributed by atoms with Crippen LogP contribution in [0.3, 0.4) is 0 Å². The van der Waals surface area contributed by atoms with Gasteiger partial charge in [0.15, 0.2) is 0 Å². The molecule has 1 spiro atoms. The lowest BCUT2D eigenvalue weighted by Crippen LogP contribution is -2.59. The predicted molar refractivity (Wildman–Crippen MR) is 147 cm³/mol. The van der Waals surface area contributed by atoms with E-state index in [1.165, 1.54) is 10.6 Å². The maximum atomic E-state index is 13.7. The lowest BCUT2D eigenvalue weighted by Gasteiger charge is -2.41. The van der Waals surface area contributed by atoms with E-state index < -0.39 is 27.5 Å². The van der Waals surface area contributed by atoms with E-state index in [0.29, 0.717) is 38.2 Å². The summed E-state index contributed by atoms with van der Waals surface area (Å²) in [6, 6.07) is 16.4. The third kappa shape index (κ3) is 5.87. The summed E-state index contributed by atoms with van der Waals surface area (Å²) < 4.78 is 32.5.